The summed E-state index contributed by atoms with van der Waals surface area (Å²) in [4.78, 5) is 24.0. The maximum atomic E-state index is 12.3. The molecule has 1 aliphatic heterocycles. The van der Waals surface area contributed by atoms with Crippen molar-refractivity contribution in [3.05, 3.63) is 58.3 Å². The Labute approximate surface area is 134 Å². The Morgan fingerprint density at radius 3 is 2.91 bits per heavy atom. The van der Waals surface area contributed by atoms with Gasteiger partial charge in [0.15, 0.2) is 0 Å². The first-order chi connectivity index (χ1) is 10.5. The van der Waals surface area contributed by atoms with E-state index in [9.17, 15) is 9.59 Å². The van der Waals surface area contributed by atoms with Crippen LogP contribution in [-0.2, 0) is 9.53 Å². The molecule has 0 aliphatic carbocycles. The summed E-state index contributed by atoms with van der Waals surface area (Å²) in [5, 5.41) is 5.85. The average Bonchev–Trinajstić information content (AvgIpc) is 2.46. The second kappa shape index (κ2) is 7.13. The van der Waals surface area contributed by atoms with Gasteiger partial charge in [-0.1, -0.05) is 35.9 Å². The minimum Gasteiger partial charge on any atom is -0.458 e. The first-order valence-electron chi connectivity index (χ1n) is 6.85. The van der Waals surface area contributed by atoms with Crippen molar-refractivity contribution in [2.24, 2.45) is 0 Å². The summed E-state index contributed by atoms with van der Waals surface area (Å²) in [5.74, 6) is -0.479. The number of hydrogen-bond acceptors (Lipinski definition) is 3. The van der Waals surface area contributed by atoms with Crippen molar-refractivity contribution >= 4 is 23.6 Å². The molecule has 0 unspecified atom stereocenters. The number of hydrogen-bond donors (Lipinski definition) is 2. The van der Waals surface area contributed by atoms with Crippen molar-refractivity contribution in [2.45, 2.75) is 19.9 Å². The molecular weight excluding hydrogens is 304 g/mol. The van der Waals surface area contributed by atoms with Gasteiger partial charge >= 0.3 is 12.0 Å². The first-order valence-corrected chi connectivity index (χ1v) is 7.22. The Morgan fingerprint density at radius 1 is 1.45 bits per heavy atom. The van der Waals surface area contributed by atoms with Crippen molar-refractivity contribution in [1.82, 2.24) is 10.6 Å². The van der Waals surface area contributed by atoms with E-state index in [0.717, 1.165) is 5.56 Å². The van der Waals surface area contributed by atoms with Gasteiger partial charge in [-0.15, -0.1) is 0 Å². The molecule has 116 valence electrons. The predicted octanol–water partition coefficient (Wildman–Crippen LogP) is 3.09. The molecule has 1 heterocycles. The zero-order chi connectivity index (χ0) is 16.1. The van der Waals surface area contributed by atoms with Gasteiger partial charge in [-0.3, -0.25) is 0 Å². The molecule has 22 heavy (non-hydrogen) atoms. The van der Waals surface area contributed by atoms with Crippen molar-refractivity contribution in [3.8, 4) is 0 Å². The van der Waals surface area contributed by atoms with Crippen LogP contribution in [0.4, 0.5) is 4.79 Å². The number of halogens is 1. The number of amides is 2. The van der Waals surface area contributed by atoms with E-state index in [0.29, 0.717) is 16.3 Å². The van der Waals surface area contributed by atoms with Crippen LogP contribution >= 0.6 is 11.6 Å². The highest BCUT2D eigenvalue weighted by Gasteiger charge is 2.32. The van der Waals surface area contributed by atoms with E-state index in [1.54, 1.807) is 43.3 Å². The highest BCUT2D eigenvalue weighted by atomic mass is 35.5. The third-order valence-electron chi connectivity index (χ3n) is 3.22. The van der Waals surface area contributed by atoms with Crippen LogP contribution in [0.15, 0.2) is 47.7 Å². The van der Waals surface area contributed by atoms with Gasteiger partial charge in [0, 0.05) is 10.7 Å². The fourth-order valence-electron chi connectivity index (χ4n) is 2.20. The summed E-state index contributed by atoms with van der Waals surface area (Å²) in [6, 6.07) is 6.05. The highest BCUT2D eigenvalue weighted by molar-refractivity contribution is 6.30. The van der Waals surface area contributed by atoms with Crippen molar-refractivity contribution < 1.29 is 14.3 Å². The highest BCUT2D eigenvalue weighted by Crippen LogP contribution is 2.28. The van der Waals surface area contributed by atoms with Crippen molar-refractivity contribution in [3.63, 3.8) is 0 Å². The lowest BCUT2D eigenvalue weighted by Gasteiger charge is -2.28. The average molecular weight is 321 g/mol. The van der Waals surface area contributed by atoms with Crippen molar-refractivity contribution in [2.75, 3.05) is 6.61 Å². The zero-order valence-electron chi connectivity index (χ0n) is 12.4. The Kier molecular flexibility index (Phi) is 5.22. The largest absolute Gasteiger partial charge is 0.458 e. The minimum absolute atomic E-state index is 0.183. The molecule has 1 aromatic carbocycles. The number of benzene rings is 1. The molecular formula is C16H17ClN2O3. The van der Waals surface area contributed by atoms with Gasteiger partial charge in [0.2, 0.25) is 0 Å². The molecule has 0 fully saturated rings. The summed E-state index contributed by atoms with van der Waals surface area (Å²) >= 11 is 6.00. The maximum absolute atomic E-state index is 12.3. The number of esters is 1. The monoisotopic (exact) mass is 320 g/mol. The van der Waals surface area contributed by atoms with Crippen LogP contribution < -0.4 is 10.6 Å². The zero-order valence-corrected chi connectivity index (χ0v) is 13.1. The molecule has 0 saturated heterocycles. The number of allylic oxidation sites excluding steroid dienone is 2. The summed E-state index contributed by atoms with van der Waals surface area (Å²) in [7, 11) is 0. The van der Waals surface area contributed by atoms with Gasteiger partial charge in [-0.2, -0.15) is 0 Å². The number of ether oxygens (including phenoxy) is 1. The molecule has 0 aromatic heterocycles. The van der Waals surface area contributed by atoms with Gasteiger partial charge in [0.25, 0.3) is 0 Å². The summed E-state index contributed by atoms with van der Waals surface area (Å²) < 4.78 is 5.20. The number of carbonyl (C=O) groups excluding carboxylic acids is 2. The molecule has 0 bridgehead atoms. The lowest BCUT2D eigenvalue weighted by Crippen LogP contribution is -2.45. The van der Waals surface area contributed by atoms with E-state index in [1.165, 1.54) is 0 Å². The molecule has 0 radical (unpaired) electrons. The van der Waals surface area contributed by atoms with Gasteiger partial charge in [0.05, 0.1) is 11.6 Å². The van der Waals surface area contributed by atoms with Crippen LogP contribution in [0, 0.1) is 0 Å². The molecule has 2 rings (SSSR count). The van der Waals surface area contributed by atoms with Crippen LogP contribution in [0.2, 0.25) is 5.02 Å². The van der Waals surface area contributed by atoms with Crippen LogP contribution in [0.5, 0.6) is 0 Å². The number of urea groups is 1. The van der Waals surface area contributed by atoms with E-state index in [2.05, 4.69) is 10.6 Å². The Morgan fingerprint density at radius 2 is 2.23 bits per heavy atom. The van der Waals surface area contributed by atoms with E-state index < -0.39 is 12.0 Å². The summed E-state index contributed by atoms with van der Waals surface area (Å²) in [5.41, 5.74) is 1.56. The third kappa shape index (κ3) is 3.68. The number of rotatable bonds is 4. The molecule has 5 nitrogen and oxygen atoms in total. The Balaban J connectivity index is 2.34. The van der Waals surface area contributed by atoms with Gasteiger partial charge in [-0.05, 0) is 31.5 Å². The quantitative estimate of drug-likeness (QED) is 0.661. The molecule has 2 amide bonds. The Hall–Kier alpha value is -2.27. The predicted molar refractivity (Wildman–Crippen MR) is 84.3 cm³/mol. The second-order valence-corrected chi connectivity index (χ2v) is 5.23. The second-order valence-electron chi connectivity index (χ2n) is 4.79. The van der Waals surface area contributed by atoms with E-state index in [-0.39, 0.29) is 12.6 Å². The first kappa shape index (κ1) is 16.1. The molecule has 1 atom stereocenters. The summed E-state index contributed by atoms with van der Waals surface area (Å²) in [6.07, 6.45) is 3.53. The van der Waals surface area contributed by atoms with Crippen LogP contribution in [0.25, 0.3) is 0 Å². The summed E-state index contributed by atoms with van der Waals surface area (Å²) in [6.45, 7) is 3.69. The van der Waals surface area contributed by atoms with Crippen LogP contribution in [-0.4, -0.2) is 18.6 Å². The van der Waals surface area contributed by atoms with Crippen LogP contribution in [0.1, 0.15) is 25.5 Å². The lowest BCUT2D eigenvalue weighted by atomic mass is 9.95. The third-order valence-corrected chi connectivity index (χ3v) is 3.45. The molecule has 1 aromatic rings. The van der Waals surface area contributed by atoms with E-state index in [1.807, 2.05) is 6.92 Å². The molecule has 0 saturated carbocycles. The smallest absolute Gasteiger partial charge is 0.338 e. The fourth-order valence-corrected chi connectivity index (χ4v) is 2.40. The SMILES string of the molecule is C/C=C/COC(=O)C1=C(C)NC(=O)N[C@@H]1c1cccc(Cl)c1. The molecule has 1 aliphatic rings. The molecule has 0 spiro atoms. The van der Waals surface area contributed by atoms with Gasteiger partial charge in [-0.25, -0.2) is 9.59 Å². The van der Waals surface area contributed by atoms with Crippen LogP contribution in [0.3, 0.4) is 0 Å². The topological polar surface area (TPSA) is 67.4 Å². The maximum Gasteiger partial charge on any atom is 0.338 e. The van der Waals surface area contributed by atoms with Crippen molar-refractivity contribution in [1.29, 1.82) is 0 Å². The van der Waals surface area contributed by atoms with Gasteiger partial charge in [0.1, 0.15) is 6.61 Å². The Bertz CT molecular complexity index is 653. The normalized spacial score (nSPS) is 18.1. The van der Waals surface area contributed by atoms with E-state index in [4.69, 9.17) is 16.3 Å². The minimum atomic E-state index is -0.592. The fraction of sp³-hybridized carbons (Fsp3) is 0.250. The number of carbonyl (C=O) groups is 2. The molecule has 6 heteroatoms. The van der Waals surface area contributed by atoms with E-state index >= 15 is 0 Å². The van der Waals surface area contributed by atoms with Gasteiger partial charge < -0.3 is 15.4 Å². The standard InChI is InChI=1S/C16H17ClN2O3/c1-3-4-8-22-15(20)13-10(2)18-16(21)19-14(13)11-6-5-7-12(17)9-11/h3-7,9,14H,8H2,1-2H3,(H2,18,19,21)/b4-3+/t14-/m1/s1. The lowest BCUT2D eigenvalue weighted by molar-refractivity contribution is -0.138. The number of nitrogens with one attached hydrogen (secondary N) is 2. The molecule has 2 N–H and O–H groups in total.